The number of hydrogen-bond donors (Lipinski definition) is 3. The van der Waals surface area contributed by atoms with Crippen molar-refractivity contribution in [3.63, 3.8) is 0 Å². The van der Waals surface area contributed by atoms with Crippen molar-refractivity contribution in [1.29, 1.82) is 0 Å². The topological polar surface area (TPSA) is 111 Å². The average Bonchev–Trinajstić information content (AvgIpc) is 3.19. The van der Waals surface area contributed by atoms with Gasteiger partial charge in [0, 0.05) is 30.9 Å². The number of nitrogens with one attached hydrogen (secondary N) is 2. The van der Waals surface area contributed by atoms with Crippen molar-refractivity contribution >= 4 is 34.0 Å². The van der Waals surface area contributed by atoms with Gasteiger partial charge in [-0.25, -0.2) is 13.1 Å². The van der Waals surface area contributed by atoms with Gasteiger partial charge in [0.25, 0.3) is 5.91 Å². The van der Waals surface area contributed by atoms with Crippen molar-refractivity contribution in [1.82, 2.24) is 10.0 Å². The third-order valence-electron chi connectivity index (χ3n) is 4.36. The first-order valence-electron chi connectivity index (χ1n) is 8.78. The molecule has 1 saturated heterocycles. The summed E-state index contributed by atoms with van der Waals surface area (Å²) in [5.74, 6) is -0.239. The van der Waals surface area contributed by atoms with Gasteiger partial charge in [0.15, 0.2) is 0 Å². The second-order valence-electron chi connectivity index (χ2n) is 6.44. The van der Waals surface area contributed by atoms with Gasteiger partial charge in [-0.2, -0.15) is 0 Å². The highest BCUT2D eigenvalue weighted by Crippen LogP contribution is 2.14. The minimum Gasteiger partial charge on any atom is -0.399 e. The van der Waals surface area contributed by atoms with Gasteiger partial charge in [-0.3, -0.25) is 4.79 Å². The fraction of sp³-hybridized carbons (Fsp3) is 0.316. The molecule has 0 saturated carbocycles. The van der Waals surface area contributed by atoms with Gasteiger partial charge in [0.1, 0.15) is 0 Å². The van der Waals surface area contributed by atoms with Gasteiger partial charge in [-0.1, -0.05) is 18.2 Å². The molecular formula is C19H24ClN3O4S. The van der Waals surface area contributed by atoms with Crippen molar-refractivity contribution in [3.05, 3.63) is 59.7 Å². The van der Waals surface area contributed by atoms with E-state index in [0.717, 1.165) is 18.4 Å². The van der Waals surface area contributed by atoms with Crippen LogP contribution in [-0.4, -0.2) is 33.6 Å². The molecule has 1 fully saturated rings. The van der Waals surface area contributed by atoms with Gasteiger partial charge in [0.2, 0.25) is 10.0 Å². The molecule has 0 bridgehead atoms. The molecule has 2 aromatic carbocycles. The number of amides is 1. The quantitative estimate of drug-likeness (QED) is 0.588. The Hall–Kier alpha value is -2.13. The van der Waals surface area contributed by atoms with Crippen LogP contribution in [0.25, 0.3) is 0 Å². The van der Waals surface area contributed by atoms with Crippen LogP contribution in [0, 0.1) is 0 Å². The predicted molar refractivity (Wildman–Crippen MR) is 110 cm³/mol. The number of nitrogen functional groups attached to an aromatic ring is 1. The van der Waals surface area contributed by atoms with Crippen LogP contribution in [0.4, 0.5) is 5.69 Å². The molecule has 2 aromatic rings. The summed E-state index contributed by atoms with van der Waals surface area (Å²) in [7, 11) is -3.57. The number of benzene rings is 2. The minimum absolute atomic E-state index is 0. The normalized spacial score (nSPS) is 16.4. The van der Waals surface area contributed by atoms with Crippen molar-refractivity contribution < 1.29 is 17.9 Å². The van der Waals surface area contributed by atoms with E-state index in [9.17, 15) is 13.2 Å². The summed E-state index contributed by atoms with van der Waals surface area (Å²) in [6, 6.07) is 13.1. The first-order chi connectivity index (χ1) is 12.9. The minimum atomic E-state index is -3.57. The zero-order valence-electron chi connectivity index (χ0n) is 15.3. The lowest BCUT2D eigenvalue weighted by Gasteiger charge is -2.12. The summed E-state index contributed by atoms with van der Waals surface area (Å²) in [5, 5.41) is 2.79. The summed E-state index contributed by atoms with van der Waals surface area (Å²) in [5.41, 5.74) is 7.47. The van der Waals surface area contributed by atoms with E-state index in [0.29, 0.717) is 17.9 Å². The van der Waals surface area contributed by atoms with E-state index >= 15 is 0 Å². The number of sulfonamides is 1. The van der Waals surface area contributed by atoms with E-state index in [4.69, 9.17) is 10.5 Å². The zero-order valence-corrected chi connectivity index (χ0v) is 16.9. The Morgan fingerprint density at radius 2 is 1.93 bits per heavy atom. The smallest absolute Gasteiger partial charge is 0.251 e. The Morgan fingerprint density at radius 1 is 1.18 bits per heavy atom. The predicted octanol–water partition coefficient (Wildman–Crippen LogP) is 2.08. The van der Waals surface area contributed by atoms with Crippen molar-refractivity contribution in [2.75, 3.05) is 18.9 Å². The Kier molecular flexibility index (Phi) is 7.82. The molecule has 152 valence electrons. The van der Waals surface area contributed by atoms with Gasteiger partial charge in [0.05, 0.1) is 11.0 Å². The van der Waals surface area contributed by atoms with E-state index in [2.05, 4.69) is 10.0 Å². The number of carbonyl (C=O) groups excluding carboxylic acids is 1. The molecule has 0 radical (unpaired) electrons. The number of rotatable bonds is 7. The van der Waals surface area contributed by atoms with E-state index < -0.39 is 10.0 Å². The largest absolute Gasteiger partial charge is 0.399 e. The Morgan fingerprint density at radius 3 is 2.57 bits per heavy atom. The maximum Gasteiger partial charge on any atom is 0.251 e. The molecular weight excluding hydrogens is 402 g/mol. The average molecular weight is 426 g/mol. The number of hydrogen-bond acceptors (Lipinski definition) is 5. The first-order valence-corrected chi connectivity index (χ1v) is 10.3. The van der Waals surface area contributed by atoms with E-state index in [1.165, 1.54) is 12.1 Å². The van der Waals surface area contributed by atoms with Gasteiger partial charge in [-0.15, -0.1) is 12.4 Å². The molecule has 1 unspecified atom stereocenters. The molecule has 9 heteroatoms. The lowest BCUT2D eigenvalue weighted by atomic mass is 10.2. The molecule has 1 aliphatic rings. The Balaban J connectivity index is 0.00000280. The second kappa shape index (κ2) is 9.88. The molecule has 1 aliphatic heterocycles. The van der Waals surface area contributed by atoms with Crippen molar-refractivity contribution in [2.24, 2.45) is 0 Å². The highest BCUT2D eigenvalue weighted by atomic mass is 35.5. The van der Waals surface area contributed by atoms with Crippen LogP contribution in [-0.2, 0) is 21.3 Å². The van der Waals surface area contributed by atoms with Crippen LogP contribution < -0.4 is 15.8 Å². The van der Waals surface area contributed by atoms with Crippen LogP contribution >= 0.6 is 12.4 Å². The highest BCUT2D eigenvalue weighted by Gasteiger charge is 2.20. The first kappa shape index (κ1) is 22.2. The number of ether oxygens (including phenoxy) is 1. The van der Waals surface area contributed by atoms with E-state index in [1.807, 2.05) is 0 Å². The van der Waals surface area contributed by atoms with Crippen molar-refractivity contribution in [2.45, 2.75) is 30.4 Å². The van der Waals surface area contributed by atoms with Crippen LogP contribution in [0.5, 0.6) is 0 Å². The summed E-state index contributed by atoms with van der Waals surface area (Å²) in [6.45, 7) is 1.25. The summed E-state index contributed by atoms with van der Waals surface area (Å²) in [6.07, 6.45) is 1.78. The number of carbonyl (C=O) groups is 1. The zero-order chi connectivity index (χ0) is 19.3. The third-order valence-corrected chi connectivity index (χ3v) is 5.80. The molecule has 0 aliphatic carbocycles. The number of anilines is 1. The molecule has 28 heavy (non-hydrogen) atoms. The van der Waals surface area contributed by atoms with Gasteiger partial charge >= 0.3 is 0 Å². The lowest BCUT2D eigenvalue weighted by molar-refractivity contribution is 0.0951. The molecule has 0 spiro atoms. The maximum atomic E-state index is 12.3. The van der Waals surface area contributed by atoms with Crippen LogP contribution in [0.2, 0.25) is 0 Å². The molecule has 1 amide bonds. The summed E-state index contributed by atoms with van der Waals surface area (Å²) < 4.78 is 32.7. The number of nitrogens with two attached hydrogens (primary N) is 1. The Bertz CT molecular complexity index is 898. The van der Waals surface area contributed by atoms with Crippen molar-refractivity contribution in [3.8, 4) is 0 Å². The lowest BCUT2D eigenvalue weighted by Crippen LogP contribution is -2.31. The third kappa shape index (κ3) is 5.93. The summed E-state index contributed by atoms with van der Waals surface area (Å²) in [4.78, 5) is 12.3. The SMILES string of the molecule is Cl.Nc1cccc(C(=O)NCc2ccc(S(=O)(=O)NCC3CCCO3)cc2)c1. The van der Waals surface area contributed by atoms with Gasteiger partial charge in [-0.05, 0) is 48.7 Å². The maximum absolute atomic E-state index is 12.3. The monoisotopic (exact) mass is 425 g/mol. The molecule has 7 nitrogen and oxygen atoms in total. The molecule has 4 N–H and O–H groups in total. The van der Waals surface area contributed by atoms with Crippen LogP contribution in [0.3, 0.4) is 0 Å². The number of halogens is 1. The Labute approximate surface area is 171 Å². The molecule has 1 atom stereocenters. The molecule has 3 rings (SSSR count). The second-order valence-corrected chi connectivity index (χ2v) is 8.21. The van der Waals surface area contributed by atoms with Crippen LogP contribution in [0.15, 0.2) is 53.4 Å². The fourth-order valence-corrected chi connectivity index (χ4v) is 3.91. The van der Waals surface area contributed by atoms with E-state index in [1.54, 1.807) is 36.4 Å². The molecule has 1 heterocycles. The highest BCUT2D eigenvalue weighted by molar-refractivity contribution is 7.89. The standard InChI is InChI=1S/C19H23N3O4S.ClH/c20-16-4-1-3-15(11-16)19(23)21-12-14-6-8-18(9-7-14)27(24,25)22-13-17-5-2-10-26-17;/h1,3-4,6-9,11,17,22H,2,5,10,12-13,20H2,(H,21,23);1H. The van der Waals surface area contributed by atoms with Gasteiger partial charge < -0.3 is 15.8 Å². The fourth-order valence-electron chi connectivity index (χ4n) is 2.84. The molecule has 0 aromatic heterocycles. The van der Waals surface area contributed by atoms with E-state index in [-0.39, 0.29) is 42.4 Å². The summed E-state index contributed by atoms with van der Waals surface area (Å²) >= 11 is 0. The van der Waals surface area contributed by atoms with Crippen LogP contribution in [0.1, 0.15) is 28.8 Å².